The van der Waals surface area contributed by atoms with Gasteiger partial charge in [-0.05, 0) is 25.5 Å². The number of nitrogens with two attached hydrogens (primary N) is 1. The number of nitrogens with one attached hydrogen (secondary N) is 1. The van der Waals surface area contributed by atoms with Crippen molar-refractivity contribution in [3.63, 3.8) is 0 Å². The summed E-state index contributed by atoms with van der Waals surface area (Å²) in [6.07, 6.45) is 5.46. The van der Waals surface area contributed by atoms with E-state index in [0.29, 0.717) is 61.2 Å². The van der Waals surface area contributed by atoms with Crippen LogP contribution in [-0.2, 0) is 11.2 Å². The number of ether oxygens (including phenoxy) is 1. The number of aryl methyl sites for hydroxylation is 1. The van der Waals surface area contributed by atoms with E-state index in [1.165, 1.54) is 6.20 Å². The number of amides is 2. The van der Waals surface area contributed by atoms with Crippen molar-refractivity contribution in [3.05, 3.63) is 41.3 Å². The van der Waals surface area contributed by atoms with Crippen molar-refractivity contribution in [1.82, 2.24) is 24.5 Å². The Labute approximate surface area is 201 Å². The van der Waals surface area contributed by atoms with Crippen molar-refractivity contribution in [2.45, 2.75) is 25.9 Å². The highest BCUT2D eigenvalue weighted by atomic mass is 16.5. The molecule has 12 heteroatoms. The molecule has 0 aliphatic carbocycles. The lowest BCUT2D eigenvalue weighted by atomic mass is 10.0. The van der Waals surface area contributed by atoms with E-state index >= 15 is 0 Å². The van der Waals surface area contributed by atoms with Gasteiger partial charge in [-0.1, -0.05) is 0 Å². The van der Waals surface area contributed by atoms with Crippen molar-refractivity contribution in [2.75, 3.05) is 49.5 Å². The summed E-state index contributed by atoms with van der Waals surface area (Å²) in [7, 11) is 0. The Morgan fingerprint density at radius 3 is 2.74 bits per heavy atom. The molecular weight excluding hydrogens is 452 g/mol. The molecule has 0 saturated carbocycles. The van der Waals surface area contributed by atoms with Gasteiger partial charge in [0, 0.05) is 50.6 Å². The van der Waals surface area contributed by atoms with E-state index in [9.17, 15) is 14.7 Å². The topological polar surface area (TPSA) is 151 Å². The molecule has 2 amide bonds. The highest BCUT2D eigenvalue weighted by Crippen LogP contribution is 2.39. The number of nitrogens with zero attached hydrogens (tertiary/aromatic N) is 6. The summed E-state index contributed by atoms with van der Waals surface area (Å²) >= 11 is 0. The van der Waals surface area contributed by atoms with Crippen LogP contribution in [0.3, 0.4) is 0 Å². The van der Waals surface area contributed by atoms with E-state index < -0.39 is 5.60 Å². The van der Waals surface area contributed by atoms with Crippen LogP contribution in [0.15, 0.2) is 24.7 Å². The van der Waals surface area contributed by atoms with Gasteiger partial charge >= 0.3 is 0 Å². The minimum Gasteiger partial charge on any atom is -0.468 e. The molecule has 35 heavy (non-hydrogen) atoms. The summed E-state index contributed by atoms with van der Waals surface area (Å²) in [6.45, 7) is 6.22. The van der Waals surface area contributed by atoms with E-state index in [2.05, 4.69) is 15.4 Å². The first-order valence-corrected chi connectivity index (χ1v) is 11.5. The largest absolute Gasteiger partial charge is 0.468 e. The predicted molar refractivity (Wildman–Crippen MR) is 128 cm³/mol. The number of aromatic nitrogens is 4. The van der Waals surface area contributed by atoms with Crippen molar-refractivity contribution >= 4 is 29.0 Å². The maximum atomic E-state index is 13.3. The second-order valence-electron chi connectivity index (χ2n) is 9.35. The Hall–Kier alpha value is -3.77. The van der Waals surface area contributed by atoms with Crippen LogP contribution in [-0.4, -0.2) is 86.3 Å². The Morgan fingerprint density at radius 2 is 2.03 bits per heavy atom. The smallest absolute Gasteiger partial charge is 0.261 e. The number of pyridine rings is 1. The molecule has 3 aromatic heterocycles. The number of aliphatic hydroxyl groups excluding tert-OH is 1. The van der Waals surface area contributed by atoms with E-state index in [1.54, 1.807) is 16.9 Å². The van der Waals surface area contributed by atoms with Gasteiger partial charge in [-0.25, -0.2) is 9.50 Å². The molecule has 0 radical (unpaired) electrons. The third-order valence-corrected chi connectivity index (χ3v) is 6.31. The zero-order valence-corrected chi connectivity index (χ0v) is 19.7. The summed E-state index contributed by atoms with van der Waals surface area (Å²) in [5.74, 6) is 0.298. The minimum atomic E-state index is -0.764. The molecule has 0 spiro atoms. The number of hydrogen-bond donors (Lipinski definition) is 3. The van der Waals surface area contributed by atoms with Crippen LogP contribution in [0, 0.1) is 6.92 Å². The first-order chi connectivity index (χ1) is 16.7. The number of fused-ring (bicyclic) bond motifs is 2. The average molecular weight is 481 g/mol. The van der Waals surface area contributed by atoms with Crippen molar-refractivity contribution in [3.8, 4) is 5.88 Å². The van der Waals surface area contributed by atoms with Gasteiger partial charge in [0.2, 0.25) is 11.8 Å². The van der Waals surface area contributed by atoms with Gasteiger partial charge in [0.15, 0.2) is 11.5 Å². The summed E-state index contributed by atoms with van der Waals surface area (Å²) in [5.41, 5.74) is 7.65. The fourth-order valence-corrected chi connectivity index (χ4v) is 4.49. The number of carbonyl (C=O) groups excluding carboxylic acids is 2. The predicted octanol–water partition coefficient (Wildman–Crippen LogP) is -0.0218. The zero-order chi connectivity index (χ0) is 24.7. The molecule has 0 bridgehead atoms. The maximum Gasteiger partial charge on any atom is 0.261 e. The second kappa shape index (κ2) is 8.78. The van der Waals surface area contributed by atoms with Gasteiger partial charge in [-0.3, -0.25) is 14.5 Å². The maximum absolute atomic E-state index is 13.3. The number of piperazine rings is 1. The number of rotatable bonds is 6. The number of aliphatic hydroxyl groups is 1. The zero-order valence-electron chi connectivity index (χ0n) is 19.7. The Kier molecular flexibility index (Phi) is 5.77. The summed E-state index contributed by atoms with van der Waals surface area (Å²) < 4.78 is 7.53. The molecule has 1 atom stereocenters. The molecular formula is C23H28N8O4. The van der Waals surface area contributed by atoms with Gasteiger partial charge in [0.1, 0.15) is 11.2 Å². The first-order valence-electron chi connectivity index (χ1n) is 11.5. The Balaban J connectivity index is 1.45. The lowest BCUT2D eigenvalue weighted by molar-refractivity contribution is -0.119. The summed E-state index contributed by atoms with van der Waals surface area (Å²) in [5, 5.41) is 17.0. The fraction of sp³-hybridized carbons (Fsp3) is 0.435. The Bertz CT molecular complexity index is 1300. The molecule has 2 aliphatic heterocycles. The minimum absolute atomic E-state index is 0.153. The van der Waals surface area contributed by atoms with E-state index in [0.717, 1.165) is 11.1 Å². The summed E-state index contributed by atoms with van der Waals surface area (Å²) in [6, 6.07) is 1.86. The van der Waals surface area contributed by atoms with E-state index in [-0.39, 0.29) is 25.0 Å². The number of hydrogen-bond acceptors (Lipinski definition) is 9. The number of anilines is 2. The molecule has 0 aromatic carbocycles. The van der Waals surface area contributed by atoms with Crippen LogP contribution < -0.4 is 20.7 Å². The SMILES string of the molecule is Cc1cnc2c(C(=O)Nc3cc4c(nc3N3CCN(CC(N)=O)CC3)O[C@@](C)(CO)C4)cnn2c1. The van der Waals surface area contributed by atoms with Crippen molar-refractivity contribution < 1.29 is 19.4 Å². The van der Waals surface area contributed by atoms with Gasteiger partial charge in [0.05, 0.1) is 25.0 Å². The molecule has 0 unspecified atom stereocenters. The van der Waals surface area contributed by atoms with Crippen LogP contribution in [0.25, 0.3) is 5.65 Å². The standard InChI is InChI=1S/C23H28N8O4/c1-14-9-25-19-16(10-26-31(19)11-14)21(34)27-17-7-15-8-23(2,13-32)35-22(15)28-20(17)30-5-3-29(4-6-30)12-18(24)33/h7,9-11,32H,3-6,8,12-13H2,1-2H3,(H2,24,33)(H,27,34)/t23-/m1/s1. The van der Waals surface area contributed by atoms with Crippen LogP contribution in [0.1, 0.15) is 28.4 Å². The van der Waals surface area contributed by atoms with Crippen molar-refractivity contribution in [1.29, 1.82) is 0 Å². The lowest BCUT2D eigenvalue weighted by Crippen LogP contribution is -2.49. The second-order valence-corrected chi connectivity index (χ2v) is 9.35. The van der Waals surface area contributed by atoms with Gasteiger partial charge in [-0.2, -0.15) is 10.1 Å². The van der Waals surface area contributed by atoms with Crippen LogP contribution >= 0.6 is 0 Å². The van der Waals surface area contributed by atoms with Crippen LogP contribution in [0.4, 0.5) is 11.5 Å². The quantitative estimate of drug-likeness (QED) is 0.442. The highest BCUT2D eigenvalue weighted by molar-refractivity contribution is 6.09. The third-order valence-electron chi connectivity index (χ3n) is 6.31. The summed E-state index contributed by atoms with van der Waals surface area (Å²) in [4.78, 5) is 37.7. The molecule has 2 aliphatic rings. The fourth-order valence-electron chi connectivity index (χ4n) is 4.49. The first kappa shape index (κ1) is 23.0. The molecule has 5 rings (SSSR count). The van der Waals surface area contributed by atoms with E-state index in [1.807, 2.05) is 29.7 Å². The van der Waals surface area contributed by atoms with Crippen LogP contribution in [0.5, 0.6) is 5.88 Å². The average Bonchev–Trinajstić information content (AvgIpc) is 3.38. The number of primary amides is 1. The molecule has 184 valence electrons. The molecule has 1 fully saturated rings. The normalized spacial score (nSPS) is 20.0. The molecule has 5 heterocycles. The molecule has 1 saturated heterocycles. The molecule has 12 nitrogen and oxygen atoms in total. The highest BCUT2D eigenvalue weighted by Gasteiger charge is 2.37. The van der Waals surface area contributed by atoms with Gasteiger partial charge in [0.25, 0.3) is 5.91 Å². The van der Waals surface area contributed by atoms with E-state index in [4.69, 9.17) is 15.5 Å². The van der Waals surface area contributed by atoms with Gasteiger partial charge in [-0.15, -0.1) is 0 Å². The monoisotopic (exact) mass is 480 g/mol. The number of carbonyl (C=O) groups is 2. The third kappa shape index (κ3) is 4.49. The van der Waals surface area contributed by atoms with Gasteiger partial charge < -0.3 is 25.8 Å². The van der Waals surface area contributed by atoms with Crippen molar-refractivity contribution in [2.24, 2.45) is 5.73 Å². The lowest BCUT2D eigenvalue weighted by Gasteiger charge is -2.35. The van der Waals surface area contributed by atoms with Crippen LogP contribution in [0.2, 0.25) is 0 Å². The molecule has 4 N–H and O–H groups in total. The molecule has 3 aromatic rings. The Morgan fingerprint density at radius 1 is 1.26 bits per heavy atom.